The summed E-state index contributed by atoms with van der Waals surface area (Å²) >= 11 is 0. The van der Waals surface area contributed by atoms with E-state index in [1.165, 1.54) is 0 Å². The number of benzene rings is 1. The summed E-state index contributed by atoms with van der Waals surface area (Å²) < 4.78 is 0. The van der Waals surface area contributed by atoms with E-state index >= 15 is 0 Å². The van der Waals surface area contributed by atoms with Crippen LogP contribution in [0.2, 0.25) is 0 Å². The molecule has 3 nitrogen and oxygen atoms in total. The van der Waals surface area contributed by atoms with Gasteiger partial charge in [0.2, 0.25) is 0 Å². The second-order valence-corrected chi connectivity index (χ2v) is 4.54. The zero-order valence-corrected chi connectivity index (χ0v) is 10.8. The van der Waals surface area contributed by atoms with Gasteiger partial charge in [0.1, 0.15) is 0 Å². The van der Waals surface area contributed by atoms with Gasteiger partial charge in [-0.1, -0.05) is 17.7 Å². The fraction of sp³-hybridized carbons (Fsp3) is 0.500. The van der Waals surface area contributed by atoms with E-state index in [1.807, 2.05) is 45.0 Å². The van der Waals surface area contributed by atoms with Gasteiger partial charge in [0, 0.05) is 24.8 Å². The smallest absolute Gasteiger partial charge is 0.254 e. The molecule has 0 unspecified atom stereocenters. The first-order valence-electron chi connectivity index (χ1n) is 6.04. The second kappa shape index (κ2) is 6.40. The van der Waals surface area contributed by atoms with Gasteiger partial charge in [-0.05, 0) is 39.3 Å². The van der Waals surface area contributed by atoms with Crippen molar-refractivity contribution in [3.63, 3.8) is 0 Å². The summed E-state index contributed by atoms with van der Waals surface area (Å²) in [6, 6.07) is 7.74. The average molecular weight is 235 g/mol. The molecular formula is C14H21NO2. The molecule has 0 saturated carbocycles. The molecule has 1 N–H and O–H groups in total. The van der Waals surface area contributed by atoms with Crippen molar-refractivity contribution in [1.82, 2.24) is 4.90 Å². The Kier molecular flexibility index (Phi) is 5.16. The molecule has 0 radical (unpaired) electrons. The van der Waals surface area contributed by atoms with Crippen molar-refractivity contribution < 1.29 is 9.90 Å². The molecule has 0 atom stereocenters. The first kappa shape index (κ1) is 13.7. The number of hydrogen-bond donors (Lipinski definition) is 1. The van der Waals surface area contributed by atoms with Gasteiger partial charge in [-0.2, -0.15) is 0 Å². The van der Waals surface area contributed by atoms with E-state index in [2.05, 4.69) is 0 Å². The molecule has 0 aliphatic heterocycles. The van der Waals surface area contributed by atoms with Crippen LogP contribution in [-0.2, 0) is 0 Å². The molecule has 1 aromatic rings. The van der Waals surface area contributed by atoms with Crippen LogP contribution in [0.4, 0.5) is 0 Å². The zero-order valence-electron chi connectivity index (χ0n) is 10.8. The lowest BCUT2D eigenvalue weighted by Crippen LogP contribution is -2.38. The summed E-state index contributed by atoms with van der Waals surface area (Å²) in [5, 5.41) is 8.85. The van der Waals surface area contributed by atoms with Crippen molar-refractivity contribution >= 4 is 5.91 Å². The van der Waals surface area contributed by atoms with Gasteiger partial charge >= 0.3 is 0 Å². The van der Waals surface area contributed by atoms with Crippen molar-refractivity contribution in [2.75, 3.05) is 13.2 Å². The summed E-state index contributed by atoms with van der Waals surface area (Å²) in [6.45, 7) is 6.69. The third kappa shape index (κ3) is 3.86. The van der Waals surface area contributed by atoms with Crippen LogP contribution in [0, 0.1) is 6.92 Å². The van der Waals surface area contributed by atoms with E-state index in [9.17, 15) is 4.79 Å². The maximum absolute atomic E-state index is 12.2. The third-order valence-electron chi connectivity index (χ3n) is 2.74. The number of amides is 1. The minimum Gasteiger partial charge on any atom is -0.396 e. The number of aryl methyl sites for hydroxylation is 1. The highest BCUT2D eigenvalue weighted by Crippen LogP contribution is 2.10. The molecule has 0 aliphatic rings. The molecule has 3 heteroatoms. The van der Waals surface area contributed by atoms with Gasteiger partial charge in [-0.15, -0.1) is 0 Å². The standard InChI is InChI=1S/C14H21NO2/c1-11(2)15(9-4-10-16)14(17)13-7-5-12(3)6-8-13/h5-8,11,16H,4,9-10H2,1-3H3. The average Bonchev–Trinajstić information content (AvgIpc) is 2.29. The van der Waals surface area contributed by atoms with Crippen LogP contribution in [0.25, 0.3) is 0 Å². The van der Waals surface area contributed by atoms with Crippen LogP contribution in [0.15, 0.2) is 24.3 Å². The molecule has 0 bridgehead atoms. The molecule has 0 aliphatic carbocycles. The monoisotopic (exact) mass is 235 g/mol. The largest absolute Gasteiger partial charge is 0.396 e. The molecular weight excluding hydrogens is 214 g/mol. The highest BCUT2D eigenvalue weighted by molar-refractivity contribution is 5.94. The quantitative estimate of drug-likeness (QED) is 0.850. The van der Waals surface area contributed by atoms with Gasteiger partial charge < -0.3 is 10.0 Å². The lowest BCUT2D eigenvalue weighted by Gasteiger charge is -2.26. The number of rotatable bonds is 5. The first-order valence-corrected chi connectivity index (χ1v) is 6.04. The summed E-state index contributed by atoms with van der Waals surface area (Å²) in [6.07, 6.45) is 0.621. The lowest BCUT2D eigenvalue weighted by atomic mass is 10.1. The van der Waals surface area contributed by atoms with Crippen LogP contribution in [0.3, 0.4) is 0 Å². The van der Waals surface area contributed by atoms with Gasteiger partial charge in [0.15, 0.2) is 0 Å². The summed E-state index contributed by atoms with van der Waals surface area (Å²) in [4.78, 5) is 14.0. The van der Waals surface area contributed by atoms with Crippen molar-refractivity contribution in [2.45, 2.75) is 33.2 Å². The Morgan fingerprint density at radius 3 is 2.35 bits per heavy atom. The molecule has 1 aromatic carbocycles. The van der Waals surface area contributed by atoms with Gasteiger partial charge in [-0.3, -0.25) is 4.79 Å². The predicted octanol–water partition coefficient (Wildman–Crippen LogP) is 2.23. The summed E-state index contributed by atoms with van der Waals surface area (Å²) in [5.74, 6) is 0.0356. The molecule has 0 aromatic heterocycles. The number of aliphatic hydroxyl groups is 1. The third-order valence-corrected chi connectivity index (χ3v) is 2.74. The van der Waals surface area contributed by atoms with Gasteiger partial charge in [0.25, 0.3) is 5.91 Å². The molecule has 17 heavy (non-hydrogen) atoms. The summed E-state index contributed by atoms with van der Waals surface area (Å²) in [5.41, 5.74) is 1.86. The van der Waals surface area contributed by atoms with E-state index < -0.39 is 0 Å². The number of nitrogens with zero attached hydrogens (tertiary/aromatic N) is 1. The second-order valence-electron chi connectivity index (χ2n) is 4.54. The van der Waals surface area contributed by atoms with Gasteiger partial charge in [0.05, 0.1) is 0 Å². The molecule has 1 rings (SSSR count). The fourth-order valence-corrected chi connectivity index (χ4v) is 1.70. The number of aliphatic hydroxyl groups excluding tert-OH is 1. The maximum Gasteiger partial charge on any atom is 0.254 e. The maximum atomic E-state index is 12.2. The van der Waals surface area contributed by atoms with Crippen molar-refractivity contribution in [3.05, 3.63) is 35.4 Å². The van der Waals surface area contributed by atoms with Crippen LogP contribution >= 0.6 is 0 Å². The topological polar surface area (TPSA) is 40.5 Å². The molecule has 0 fully saturated rings. The Hall–Kier alpha value is -1.35. The van der Waals surface area contributed by atoms with E-state index in [-0.39, 0.29) is 18.6 Å². The number of hydrogen-bond acceptors (Lipinski definition) is 2. The lowest BCUT2D eigenvalue weighted by molar-refractivity contribution is 0.0693. The molecule has 1 amide bonds. The molecule has 0 heterocycles. The highest BCUT2D eigenvalue weighted by atomic mass is 16.3. The Balaban J connectivity index is 2.80. The first-order chi connectivity index (χ1) is 8.06. The van der Waals surface area contributed by atoms with Crippen LogP contribution < -0.4 is 0 Å². The predicted molar refractivity (Wildman–Crippen MR) is 69.1 cm³/mol. The Labute approximate surface area is 103 Å². The van der Waals surface area contributed by atoms with Crippen LogP contribution in [0.5, 0.6) is 0 Å². The molecule has 0 saturated heterocycles. The minimum atomic E-state index is 0.0356. The Morgan fingerprint density at radius 2 is 1.88 bits per heavy atom. The van der Waals surface area contributed by atoms with Crippen LogP contribution in [-0.4, -0.2) is 35.1 Å². The van der Waals surface area contributed by atoms with Crippen molar-refractivity contribution in [1.29, 1.82) is 0 Å². The van der Waals surface area contributed by atoms with Crippen molar-refractivity contribution in [2.24, 2.45) is 0 Å². The summed E-state index contributed by atoms with van der Waals surface area (Å²) in [7, 11) is 0. The van der Waals surface area contributed by atoms with Gasteiger partial charge in [-0.25, -0.2) is 0 Å². The highest BCUT2D eigenvalue weighted by Gasteiger charge is 2.17. The Bertz CT molecular complexity index is 357. The van der Waals surface area contributed by atoms with Crippen LogP contribution in [0.1, 0.15) is 36.2 Å². The number of carbonyl (C=O) groups excluding carboxylic acids is 1. The normalized spacial score (nSPS) is 10.6. The fourth-order valence-electron chi connectivity index (χ4n) is 1.70. The van der Waals surface area contributed by atoms with Crippen molar-refractivity contribution in [3.8, 4) is 0 Å². The zero-order chi connectivity index (χ0) is 12.8. The van der Waals surface area contributed by atoms with E-state index in [0.29, 0.717) is 18.5 Å². The molecule has 94 valence electrons. The molecule has 0 spiro atoms. The SMILES string of the molecule is Cc1ccc(C(=O)N(CCCO)C(C)C)cc1. The Morgan fingerprint density at radius 1 is 1.29 bits per heavy atom. The van der Waals surface area contributed by atoms with E-state index in [4.69, 9.17) is 5.11 Å². The minimum absolute atomic E-state index is 0.0356. The van der Waals surface area contributed by atoms with E-state index in [1.54, 1.807) is 4.90 Å². The van der Waals surface area contributed by atoms with E-state index in [0.717, 1.165) is 5.56 Å². The number of carbonyl (C=O) groups is 1.